The third-order valence-corrected chi connectivity index (χ3v) is 5.44. The molecule has 148 valence electrons. The SMILES string of the molecule is C=CCc1c(OCC(=O)OC)ccc2c1c1ccnc3c4ccccc4c(=O)n2c13. The van der Waals surface area contributed by atoms with Crippen LogP contribution in [0, 0.1) is 0 Å². The summed E-state index contributed by atoms with van der Waals surface area (Å²) in [6, 6.07) is 13.1. The first-order chi connectivity index (χ1) is 14.7. The second kappa shape index (κ2) is 6.84. The second-order valence-electron chi connectivity index (χ2n) is 7.04. The van der Waals surface area contributed by atoms with E-state index in [0.29, 0.717) is 17.6 Å². The van der Waals surface area contributed by atoms with Crippen molar-refractivity contribution in [1.82, 2.24) is 9.38 Å². The van der Waals surface area contributed by atoms with Crippen LogP contribution in [0.3, 0.4) is 0 Å². The van der Waals surface area contributed by atoms with Gasteiger partial charge in [0.2, 0.25) is 0 Å². The molecular weight excluding hydrogens is 380 g/mol. The lowest BCUT2D eigenvalue weighted by Gasteiger charge is -2.11. The zero-order valence-electron chi connectivity index (χ0n) is 16.3. The smallest absolute Gasteiger partial charge is 0.343 e. The molecular formula is C24H18N2O4. The molecule has 0 saturated carbocycles. The molecule has 5 aromatic rings. The molecule has 0 radical (unpaired) electrons. The van der Waals surface area contributed by atoms with Crippen molar-refractivity contribution in [2.75, 3.05) is 13.7 Å². The Morgan fingerprint density at radius 3 is 2.70 bits per heavy atom. The van der Waals surface area contributed by atoms with Gasteiger partial charge in [0.15, 0.2) is 6.61 Å². The van der Waals surface area contributed by atoms with E-state index in [9.17, 15) is 9.59 Å². The highest BCUT2D eigenvalue weighted by Crippen LogP contribution is 2.38. The van der Waals surface area contributed by atoms with Crippen LogP contribution < -0.4 is 10.3 Å². The zero-order chi connectivity index (χ0) is 20.8. The number of nitrogens with zero attached hydrogens (tertiary/aromatic N) is 2. The molecule has 0 saturated heterocycles. The molecule has 6 nitrogen and oxygen atoms in total. The van der Waals surface area contributed by atoms with Gasteiger partial charge in [0.05, 0.1) is 23.7 Å². The van der Waals surface area contributed by atoms with E-state index in [-0.39, 0.29) is 12.2 Å². The van der Waals surface area contributed by atoms with Crippen LogP contribution >= 0.6 is 0 Å². The van der Waals surface area contributed by atoms with Gasteiger partial charge in [-0.1, -0.05) is 24.3 Å². The van der Waals surface area contributed by atoms with Gasteiger partial charge in [-0.15, -0.1) is 6.58 Å². The Balaban J connectivity index is 1.94. The number of hydrogen-bond donors (Lipinski definition) is 0. The van der Waals surface area contributed by atoms with Crippen molar-refractivity contribution in [3.8, 4) is 5.75 Å². The summed E-state index contributed by atoms with van der Waals surface area (Å²) >= 11 is 0. The minimum atomic E-state index is -0.461. The molecule has 0 bridgehead atoms. The van der Waals surface area contributed by atoms with Gasteiger partial charge in [0.1, 0.15) is 5.75 Å². The second-order valence-corrected chi connectivity index (χ2v) is 7.04. The molecule has 0 spiro atoms. The number of pyridine rings is 2. The molecule has 0 N–H and O–H groups in total. The van der Waals surface area contributed by atoms with E-state index in [1.807, 2.05) is 36.4 Å². The highest BCUT2D eigenvalue weighted by Gasteiger charge is 2.21. The first kappa shape index (κ1) is 18.1. The fourth-order valence-corrected chi connectivity index (χ4v) is 4.19. The Kier molecular flexibility index (Phi) is 4.13. The normalized spacial score (nSPS) is 11.5. The zero-order valence-corrected chi connectivity index (χ0v) is 16.3. The molecule has 6 heteroatoms. The number of carbonyl (C=O) groups excluding carboxylic acids is 1. The molecule has 30 heavy (non-hydrogen) atoms. The van der Waals surface area contributed by atoms with Gasteiger partial charge in [0, 0.05) is 33.3 Å². The molecule has 0 aliphatic heterocycles. The number of esters is 1. The van der Waals surface area contributed by atoms with Crippen molar-refractivity contribution in [1.29, 1.82) is 0 Å². The van der Waals surface area contributed by atoms with E-state index < -0.39 is 5.97 Å². The third-order valence-electron chi connectivity index (χ3n) is 5.44. The summed E-state index contributed by atoms with van der Waals surface area (Å²) in [6.45, 7) is 3.67. The molecule has 0 amide bonds. The number of aromatic nitrogens is 2. The molecule has 5 rings (SSSR count). The maximum Gasteiger partial charge on any atom is 0.343 e. The first-order valence-electron chi connectivity index (χ1n) is 9.55. The number of carbonyl (C=O) groups is 1. The number of hydrogen-bond acceptors (Lipinski definition) is 5. The third kappa shape index (κ3) is 2.47. The van der Waals surface area contributed by atoms with Crippen molar-refractivity contribution in [2.45, 2.75) is 6.42 Å². The molecule has 3 heterocycles. The molecule has 0 aliphatic carbocycles. The number of methoxy groups -OCH3 is 1. The van der Waals surface area contributed by atoms with Crippen LogP contribution in [0.25, 0.3) is 38.1 Å². The Labute approximate surface area is 171 Å². The highest BCUT2D eigenvalue weighted by atomic mass is 16.6. The summed E-state index contributed by atoms with van der Waals surface area (Å²) in [7, 11) is 1.32. The Bertz CT molecular complexity index is 1520. The number of fused-ring (bicyclic) bond motifs is 5. The van der Waals surface area contributed by atoms with E-state index in [0.717, 1.165) is 38.3 Å². The van der Waals surface area contributed by atoms with Crippen LogP contribution in [-0.2, 0) is 16.0 Å². The van der Waals surface area contributed by atoms with Gasteiger partial charge < -0.3 is 9.47 Å². The van der Waals surface area contributed by atoms with Crippen molar-refractivity contribution in [3.05, 3.63) is 77.2 Å². The quantitative estimate of drug-likeness (QED) is 0.255. The van der Waals surface area contributed by atoms with E-state index in [1.54, 1.807) is 22.7 Å². The average molecular weight is 398 g/mol. The van der Waals surface area contributed by atoms with Crippen molar-refractivity contribution in [2.24, 2.45) is 0 Å². The van der Waals surface area contributed by atoms with Crippen LogP contribution in [0.15, 0.2) is 66.1 Å². The number of allylic oxidation sites excluding steroid dienone is 1. The first-order valence-corrected chi connectivity index (χ1v) is 9.55. The fourth-order valence-electron chi connectivity index (χ4n) is 4.19. The number of rotatable bonds is 5. The topological polar surface area (TPSA) is 69.9 Å². The minimum absolute atomic E-state index is 0.0844. The number of ether oxygens (including phenoxy) is 2. The van der Waals surface area contributed by atoms with Crippen LogP contribution in [-0.4, -0.2) is 29.1 Å². The maximum absolute atomic E-state index is 13.4. The van der Waals surface area contributed by atoms with Crippen molar-refractivity contribution >= 4 is 44.1 Å². The van der Waals surface area contributed by atoms with Crippen LogP contribution in [0.4, 0.5) is 0 Å². The molecule has 0 fully saturated rings. The van der Waals surface area contributed by atoms with E-state index in [1.165, 1.54) is 7.11 Å². The molecule has 3 aromatic heterocycles. The van der Waals surface area contributed by atoms with Gasteiger partial charge in [-0.3, -0.25) is 14.2 Å². The Hall–Kier alpha value is -3.93. The largest absolute Gasteiger partial charge is 0.482 e. The van der Waals surface area contributed by atoms with Gasteiger partial charge in [0.25, 0.3) is 5.56 Å². The van der Waals surface area contributed by atoms with Crippen LogP contribution in [0.5, 0.6) is 5.75 Å². The van der Waals surface area contributed by atoms with E-state index in [4.69, 9.17) is 4.74 Å². The van der Waals surface area contributed by atoms with Crippen molar-refractivity contribution < 1.29 is 14.3 Å². The van der Waals surface area contributed by atoms with Gasteiger partial charge in [-0.2, -0.15) is 0 Å². The van der Waals surface area contributed by atoms with Gasteiger partial charge in [-0.05, 0) is 30.7 Å². The van der Waals surface area contributed by atoms with Crippen molar-refractivity contribution in [3.63, 3.8) is 0 Å². The molecule has 0 atom stereocenters. The summed E-state index contributed by atoms with van der Waals surface area (Å²) in [5, 5.41) is 3.27. The predicted octanol–water partition coefficient (Wildman–Crippen LogP) is 3.87. The van der Waals surface area contributed by atoms with Crippen LogP contribution in [0.2, 0.25) is 0 Å². The number of benzene rings is 2. The van der Waals surface area contributed by atoms with Gasteiger partial charge >= 0.3 is 5.97 Å². The molecule has 0 unspecified atom stereocenters. The average Bonchev–Trinajstić information content (AvgIpc) is 3.12. The molecule has 2 aromatic carbocycles. The monoisotopic (exact) mass is 398 g/mol. The lowest BCUT2D eigenvalue weighted by Crippen LogP contribution is -2.14. The summed E-state index contributed by atoms with van der Waals surface area (Å²) in [6.07, 6.45) is 4.06. The summed E-state index contributed by atoms with van der Waals surface area (Å²) in [4.78, 5) is 29.6. The van der Waals surface area contributed by atoms with Gasteiger partial charge in [-0.25, -0.2) is 4.79 Å². The fraction of sp³-hybridized carbons (Fsp3) is 0.125. The minimum Gasteiger partial charge on any atom is -0.482 e. The summed E-state index contributed by atoms with van der Waals surface area (Å²) in [5.74, 6) is 0.103. The highest BCUT2D eigenvalue weighted by molar-refractivity contribution is 6.19. The summed E-state index contributed by atoms with van der Waals surface area (Å²) in [5.41, 5.74) is 3.12. The summed E-state index contributed by atoms with van der Waals surface area (Å²) < 4.78 is 12.2. The lowest BCUT2D eigenvalue weighted by molar-refractivity contribution is -0.142. The van der Waals surface area contributed by atoms with E-state index in [2.05, 4.69) is 16.3 Å². The lowest BCUT2D eigenvalue weighted by atomic mass is 10.0. The predicted molar refractivity (Wildman–Crippen MR) is 117 cm³/mol. The standard InChI is InChI=1S/C24H18N2O4/c1-3-6-16-19(30-13-20(27)29-2)10-9-18-21(16)17-11-12-25-22-14-7-4-5-8-15(14)24(28)26(18)23(17)22/h3-5,7-12H,1,6,13H2,2H3. The molecule has 0 aliphatic rings. The Morgan fingerprint density at radius 2 is 1.93 bits per heavy atom. The Morgan fingerprint density at radius 1 is 1.13 bits per heavy atom. The van der Waals surface area contributed by atoms with Crippen LogP contribution in [0.1, 0.15) is 5.56 Å². The maximum atomic E-state index is 13.4. The van der Waals surface area contributed by atoms with E-state index >= 15 is 0 Å².